The Balaban J connectivity index is 2.38. The van der Waals surface area contributed by atoms with Crippen LogP contribution < -0.4 is 0 Å². The van der Waals surface area contributed by atoms with E-state index in [1.807, 2.05) is 13.8 Å². The number of esters is 2. The Morgan fingerprint density at radius 2 is 1.61 bits per heavy atom. The van der Waals surface area contributed by atoms with Gasteiger partial charge in [0.05, 0.1) is 11.1 Å². The van der Waals surface area contributed by atoms with E-state index in [4.69, 9.17) is 9.47 Å². The molecule has 0 aliphatic carbocycles. The smallest absolute Gasteiger partial charge is 0.341 e. The van der Waals surface area contributed by atoms with Gasteiger partial charge in [0.25, 0.3) is 5.79 Å². The van der Waals surface area contributed by atoms with Gasteiger partial charge >= 0.3 is 11.9 Å². The minimum Gasteiger partial charge on any atom is -0.419 e. The van der Waals surface area contributed by atoms with Gasteiger partial charge in [0, 0.05) is 13.3 Å². The van der Waals surface area contributed by atoms with E-state index < -0.39 is 17.7 Å². The molecule has 4 nitrogen and oxygen atoms in total. The molecular formula is C14H16O4. The van der Waals surface area contributed by atoms with Crippen LogP contribution in [0, 0.1) is 5.92 Å². The summed E-state index contributed by atoms with van der Waals surface area (Å²) in [7, 11) is 0. The Labute approximate surface area is 106 Å². The zero-order chi connectivity index (χ0) is 13.3. The molecule has 2 bridgehead atoms. The second kappa shape index (κ2) is 4.44. The van der Waals surface area contributed by atoms with Crippen LogP contribution in [0.5, 0.6) is 0 Å². The van der Waals surface area contributed by atoms with Gasteiger partial charge in [0.1, 0.15) is 0 Å². The number of ether oxygens (including phenoxy) is 2. The van der Waals surface area contributed by atoms with Crippen LogP contribution in [0.4, 0.5) is 0 Å². The Kier molecular flexibility index (Phi) is 3.11. The molecular weight excluding hydrogens is 232 g/mol. The average molecular weight is 248 g/mol. The number of hydrogen-bond donors (Lipinski definition) is 0. The van der Waals surface area contributed by atoms with Gasteiger partial charge < -0.3 is 9.47 Å². The van der Waals surface area contributed by atoms with E-state index in [-0.39, 0.29) is 5.92 Å². The van der Waals surface area contributed by atoms with Crippen LogP contribution in [0.1, 0.15) is 47.9 Å². The lowest BCUT2D eigenvalue weighted by atomic mass is 10.0. The summed E-state index contributed by atoms with van der Waals surface area (Å²) >= 11 is 0. The first-order chi connectivity index (χ1) is 8.39. The lowest BCUT2D eigenvalue weighted by Crippen LogP contribution is -2.39. The Bertz CT molecular complexity index is 457. The number of fused-ring (bicyclic) bond motifs is 2. The maximum atomic E-state index is 11.9. The second-order valence-electron chi connectivity index (χ2n) is 5.09. The Morgan fingerprint density at radius 3 is 2.06 bits per heavy atom. The van der Waals surface area contributed by atoms with Gasteiger partial charge in [-0.3, -0.25) is 0 Å². The number of rotatable bonds is 2. The van der Waals surface area contributed by atoms with Crippen molar-refractivity contribution >= 4 is 11.9 Å². The van der Waals surface area contributed by atoms with Crippen LogP contribution in [0.3, 0.4) is 0 Å². The van der Waals surface area contributed by atoms with Crippen LogP contribution in [-0.4, -0.2) is 17.7 Å². The van der Waals surface area contributed by atoms with Gasteiger partial charge in [-0.25, -0.2) is 9.59 Å². The Hall–Kier alpha value is -1.84. The summed E-state index contributed by atoms with van der Waals surface area (Å²) in [4.78, 5) is 23.8. The predicted molar refractivity (Wildman–Crippen MR) is 65.1 cm³/mol. The molecule has 1 aliphatic rings. The van der Waals surface area contributed by atoms with Crippen molar-refractivity contribution in [1.29, 1.82) is 0 Å². The number of benzene rings is 1. The van der Waals surface area contributed by atoms with Gasteiger partial charge in [-0.2, -0.15) is 0 Å². The molecule has 18 heavy (non-hydrogen) atoms. The number of hydrogen-bond acceptors (Lipinski definition) is 4. The normalized spacial score (nSPS) is 17.8. The number of carbonyl (C=O) groups is 2. The molecule has 0 saturated carbocycles. The van der Waals surface area contributed by atoms with Gasteiger partial charge in [-0.1, -0.05) is 19.9 Å². The van der Waals surface area contributed by atoms with Crippen molar-refractivity contribution in [3.8, 4) is 0 Å². The van der Waals surface area contributed by atoms with Crippen molar-refractivity contribution in [1.82, 2.24) is 0 Å². The lowest BCUT2D eigenvalue weighted by Gasteiger charge is -2.32. The van der Waals surface area contributed by atoms with Gasteiger partial charge in [0.2, 0.25) is 0 Å². The maximum Gasteiger partial charge on any atom is 0.341 e. The van der Waals surface area contributed by atoms with E-state index in [9.17, 15) is 9.59 Å². The molecule has 0 spiro atoms. The van der Waals surface area contributed by atoms with Crippen LogP contribution in [-0.2, 0) is 9.47 Å². The number of carbonyl (C=O) groups excluding carboxylic acids is 2. The number of cyclic esters (lactones) is 2. The molecule has 1 aliphatic heterocycles. The fourth-order valence-corrected chi connectivity index (χ4v) is 2.13. The highest BCUT2D eigenvalue weighted by Crippen LogP contribution is 2.27. The average Bonchev–Trinajstić information content (AvgIpc) is 2.26. The van der Waals surface area contributed by atoms with Crippen molar-refractivity contribution in [2.45, 2.75) is 33.0 Å². The van der Waals surface area contributed by atoms with Crippen LogP contribution >= 0.6 is 0 Å². The summed E-state index contributed by atoms with van der Waals surface area (Å²) in [5.41, 5.74) is 0.748. The summed E-state index contributed by atoms with van der Waals surface area (Å²) in [6.07, 6.45) is 0.467. The van der Waals surface area contributed by atoms with Crippen molar-refractivity contribution in [3.63, 3.8) is 0 Å². The first kappa shape index (κ1) is 12.6. The Morgan fingerprint density at radius 1 is 1.11 bits per heavy atom. The van der Waals surface area contributed by atoms with Gasteiger partial charge in [-0.15, -0.1) is 0 Å². The monoisotopic (exact) mass is 248 g/mol. The molecule has 96 valence electrons. The third-order valence-electron chi connectivity index (χ3n) is 2.73. The molecule has 1 heterocycles. The standard InChI is InChI=1S/C14H16O4/c1-9(2)8-14(3)17-12(15)10-5-4-6-11(7-10)13(16)18-14/h4-7,9H,8H2,1-3H3. The molecule has 0 saturated heterocycles. The second-order valence-corrected chi connectivity index (χ2v) is 5.09. The molecule has 0 aromatic heterocycles. The summed E-state index contributed by atoms with van der Waals surface area (Å²) in [5, 5.41) is 0. The first-order valence-electron chi connectivity index (χ1n) is 5.96. The third kappa shape index (κ3) is 2.53. The maximum absolute atomic E-state index is 11.9. The molecule has 0 N–H and O–H groups in total. The SMILES string of the molecule is CC(C)CC1(C)OC(=O)c2cccc(c2)C(=O)O1. The third-order valence-corrected chi connectivity index (χ3v) is 2.73. The van der Waals surface area contributed by atoms with E-state index in [1.165, 1.54) is 6.07 Å². The minimum atomic E-state index is -1.20. The summed E-state index contributed by atoms with van der Waals surface area (Å²) in [6.45, 7) is 5.57. The molecule has 0 fully saturated rings. The zero-order valence-corrected chi connectivity index (χ0v) is 10.7. The van der Waals surface area contributed by atoms with Crippen molar-refractivity contribution in [2.24, 2.45) is 5.92 Å². The molecule has 1 aromatic rings. The van der Waals surface area contributed by atoms with Crippen molar-refractivity contribution in [3.05, 3.63) is 35.4 Å². The van der Waals surface area contributed by atoms with E-state index in [1.54, 1.807) is 25.1 Å². The highest BCUT2D eigenvalue weighted by Gasteiger charge is 2.36. The fourth-order valence-electron chi connectivity index (χ4n) is 2.13. The topological polar surface area (TPSA) is 52.6 Å². The minimum absolute atomic E-state index is 0.244. The van der Waals surface area contributed by atoms with Crippen LogP contribution in [0.15, 0.2) is 24.3 Å². The van der Waals surface area contributed by atoms with Crippen molar-refractivity contribution < 1.29 is 19.1 Å². The lowest BCUT2D eigenvalue weighted by molar-refractivity contribution is -0.166. The molecule has 0 radical (unpaired) electrons. The van der Waals surface area contributed by atoms with E-state index in [0.29, 0.717) is 17.5 Å². The van der Waals surface area contributed by atoms with E-state index >= 15 is 0 Å². The van der Waals surface area contributed by atoms with E-state index in [0.717, 1.165) is 0 Å². The highest BCUT2D eigenvalue weighted by molar-refractivity contribution is 5.96. The largest absolute Gasteiger partial charge is 0.419 e. The summed E-state index contributed by atoms with van der Waals surface area (Å²) in [5.74, 6) is -1.89. The highest BCUT2D eigenvalue weighted by atomic mass is 16.7. The van der Waals surface area contributed by atoms with Gasteiger partial charge in [-0.05, 0) is 24.1 Å². The first-order valence-corrected chi connectivity index (χ1v) is 5.96. The van der Waals surface area contributed by atoms with Crippen LogP contribution in [0.2, 0.25) is 0 Å². The molecule has 4 heteroatoms. The quantitative estimate of drug-likeness (QED) is 0.755. The fraction of sp³-hybridized carbons (Fsp3) is 0.429. The van der Waals surface area contributed by atoms with E-state index in [2.05, 4.69) is 0 Å². The summed E-state index contributed by atoms with van der Waals surface area (Å²) < 4.78 is 10.6. The predicted octanol–water partition coefficient (Wildman–Crippen LogP) is 2.78. The zero-order valence-electron chi connectivity index (χ0n) is 10.7. The molecule has 0 amide bonds. The molecule has 0 atom stereocenters. The van der Waals surface area contributed by atoms with Gasteiger partial charge in [0.15, 0.2) is 0 Å². The van der Waals surface area contributed by atoms with Crippen molar-refractivity contribution in [2.75, 3.05) is 0 Å². The van der Waals surface area contributed by atoms with Crippen LogP contribution in [0.25, 0.3) is 0 Å². The summed E-state index contributed by atoms with van der Waals surface area (Å²) in [6, 6.07) is 6.37. The molecule has 2 rings (SSSR count). The molecule has 0 unspecified atom stereocenters. The molecule has 1 aromatic carbocycles.